The molecule has 1 aromatic rings. The zero-order valence-corrected chi connectivity index (χ0v) is 11.2. The summed E-state index contributed by atoms with van der Waals surface area (Å²) in [6.07, 6.45) is 5.39. The highest BCUT2D eigenvalue weighted by molar-refractivity contribution is 5.95. The predicted octanol–water partition coefficient (Wildman–Crippen LogP) is 3.51. The van der Waals surface area contributed by atoms with Gasteiger partial charge in [-0.1, -0.05) is 19.4 Å². The Labute approximate surface area is 112 Å². The Hall–Kier alpha value is -1.71. The van der Waals surface area contributed by atoms with E-state index in [0.29, 0.717) is 5.56 Å². The number of hydrazone groups is 1. The van der Waals surface area contributed by atoms with Gasteiger partial charge in [0.15, 0.2) is 0 Å². The molecule has 1 amide bonds. The van der Waals surface area contributed by atoms with Crippen LogP contribution in [0.1, 0.15) is 49.4 Å². The molecule has 1 saturated carbocycles. The molecule has 19 heavy (non-hydrogen) atoms. The summed E-state index contributed by atoms with van der Waals surface area (Å²) >= 11 is 0. The van der Waals surface area contributed by atoms with E-state index in [1.54, 1.807) is 6.07 Å². The van der Waals surface area contributed by atoms with E-state index in [9.17, 15) is 9.18 Å². The van der Waals surface area contributed by atoms with E-state index in [4.69, 9.17) is 0 Å². The lowest BCUT2D eigenvalue weighted by Crippen LogP contribution is -2.22. The van der Waals surface area contributed by atoms with Gasteiger partial charge >= 0.3 is 0 Å². The zero-order chi connectivity index (χ0) is 13.7. The summed E-state index contributed by atoms with van der Waals surface area (Å²) < 4.78 is 13.0. The third kappa shape index (κ3) is 3.88. The van der Waals surface area contributed by atoms with Gasteiger partial charge in [0.2, 0.25) is 0 Å². The quantitative estimate of drug-likeness (QED) is 0.832. The number of hydrogen-bond donors (Lipinski definition) is 1. The van der Waals surface area contributed by atoms with Crippen LogP contribution in [-0.2, 0) is 0 Å². The van der Waals surface area contributed by atoms with E-state index in [-0.39, 0.29) is 5.91 Å². The van der Waals surface area contributed by atoms with Crippen LogP contribution in [0.2, 0.25) is 0 Å². The molecule has 0 radical (unpaired) electrons. The van der Waals surface area contributed by atoms with Gasteiger partial charge < -0.3 is 0 Å². The van der Waals surface area contributed by atoms with Crippen molar-refractivity contribution in [2.24, 2.45) is 11.0 Å². The minimum atomic E-state index is -0.413. The summed E-state index contributed by atoms with van der Waals surface area (Å²) in [4.78, 5) is 11.8. The van der Waals surface area contributed by atoms with Crippen molar-refractivity contribution in [3.05, 3.63) is 35.6 Å². The Balaban J connectivity index is 1.90. The summed E-state index contributed by atoms with van der Waals surface area (Å²) in [5.74, 6) is 0.0197. The molecule has 0 atom stereocenters. The van der Waals surface area contributed by atoms with E-state index in [1.165, 1.54) is 24.6 Å². The van der Waals surface area contributed by atoms with Crippen LogP contribution in [0.3, 0.4) is 0 Å². The van der Waals surface area contributed by atoms with Crippen LogP contribution < -0.4 is 5.43 Å². The molecule has 1 N–H and O–H groups in total. The van der Waals surface area contributed by atoms with E-state index < -0.39 is 5.82 Å². The molecule has 1 aliphatic rings. The maximum atomic E-state index is 13.0. The third-order valence-corrected chi connectivity index (χ3v) is 3.66. The van der Waals surface area contributed by atoms with Crippen molar-refractivity contribution in [3.8, 4) is 0 Å². The average Bonchev–Trinajstić information content (AvgIpc) is 2.45. The SMILES string of the molecule is CCC1CCC(=NNC(=O)c2cccc(F)c2)CC1. The number of carbonyl (C=O) groups is 1. The van der Waals surface area contributed by atoms with Gasteiger partial charge in [-0.25, -0.2) is 9.82 Å². The molecule has 0 heterocycles. The standard InChI is InChI=1S/C15H19FN2O/c1-2-11-6-8-14(9-7-11)17-18-15(19)12-4-3-5-13(16)10-12/h3-5,10-11H,2,6-9H2,1H3,(H,18,19). The molecule has 3 nitrogen and oxygen atoms in total. The largest absolute Gasteiger partial charge is 0.271 e. The average molecular weight is 262 g/mol. The summed E-state index contributed by atoms with van der Waals surface area (Å²) in [6.45, 7) is 2.21. The van der Waals surface area contributed by atoms with Gasteiger partial charge in [0.25, 0.3) is 5.91 Å². The zero-order valence-electron chi connectivity index (χ0n) is 11.2. The van der Waals surface area contributed by atoms with Crippen LogP contribution in [0.5, 0.6) is 0 Å². The van der Waals surface area contributed by atoms with Crippen LogP contribution in [0, 0.1) is 11.7 Å². The topological polar surface area (TPSA) is 41.5 Å². The van der Waals surface area contributed by atoms with Crippen LogP contribution in [0.15, 0.2) is 29.4 Å². The van der Waals surface area contributed by atoms with Gasteiger partial charge in [-0.3, -0.25) is 4.79 Å². The van der Waals surface area contributed by atoms with E-state index in [1.807, 2.05) is 0 Å². The highest BCUT2D eigenvalue weighted by atomic mass is 19.1. The molecule has 2 rings (SSSR count). The fourth-order valence-corrected chi connectivity index (χ4v) is 2.35. The molecule has 0 unspecified atom stereocenters. The Kier molecular flexibility index (Phi) is 4.66. The predicted molar refractivity (Wildman–Crippen MR) is 73.6 cm³/mol. The van der Waals surface area contributed by atoms with Crippen molar-refractivity contribution < 1.29 is 9.18 Å². The fourth-order valence-electron chi connectivity index (χ4n) is 2.35. The summed E-state index contributed by atoms with van der Waals surface area (Å²) in [7, 11) is 0. The highest BCUT2D eigenvalue weighted by Crippen LogP contribution is 2.24. The number of benzene rings is 1. The van der Waals surface area contributed by atoms with E-state index in [2.05, 4.69) is 17.5 Å². The van der Waals surface area contributed by atoms with Crippen molar-refractivity contribution in [3.63, 3.8) is 0 Å². The van der Waals surface area contributed by atoms with Crippen molar-refractivity contribution >= 4 is 11.6 Å². The number of hydrogen-bond acceptors (Lipinski definition) is 2. The van der Waals surface area contributed by atoms with Gasteiger partial charge in [-0.05, 0) is 49.8 Å². The van der Waals surface area contributed by atoms with Gasteiger partial charge in [0, 0.05) is 11.3 Å². The van der Waals surface area contributed by atoms with Crippen LogP contribution in [0.4, 0.5) is 4.39 Å². The maximum absolute atomic E-state index is 13.0. The number of amides is 1. The number of nitrogens with zero attached hydrogens (tertiary/aromatic N) is 1. The second-order valence-corrected chi connectivity index (χ2v) is 4.98. The van der Waals surface area contributed by atoms with Crippen LogP contribution in [0.25, 0.3) is 0 Å². The highest BCUT2D eigenvalue weighted by Gasteiger charge is 2.16. The van der Waals surface area contributed by atoms with Crippen LogP contribution >= 0.6 is 0 Å². The number of nitrogens with one attached hydrogen (secondary N) is 1. The smallest absolute Gasteiger partial charge is 0.267 e. The molecule has 0 aromatic heterocycles. The lowest BCUT2D eigenvalue weighted by molar-refractivity contribution is 0.0954. The van der Waals surface area contributed by atoms with Gasteiger partial charge in [-0.15, -0.1) is 0 Å². The van der Waals surface area contributed by atoms with Gasteiger partial charge in [0.05, 0.1) is 0 Å². The molecule has 1 fully saturated rings. The molecule has 0 spiro atoms. The normalized spacial score (nSPS) is 19.1. The van der Waals surface area contributed by atoms with Gasteiger partial charge in [0.1, 0.15) is 5.82 Å². The molecular formula is C15H19FN2O. The lowest BCUT2D eigenvalue weighted by atomic mass is 9.86. The first-order chi connectivity index (χ1) is 9.19. The first-order valence-corrected chi connectivity index (χ1v) is 6.80. The first-order valence-electron chi connectivity index (χ1n) is 6.80. The third-order valence-electron chi connectivity index (χ3n) is 3.66. The summed E-state index contributed by atoms with van der Waals surface area (Å²) in [5.41, 5.74) is 3.85. The summed E-state index contributed by atoms with van der Waals surface area (Å²) in [6, 6.07) is 5.62. The molecule has 0 aliphatic heterocycles. The lowest BCUT2D eigenvalue weighted by Gasteiger charge is -2.21. The van der Waals surface area contributed by atoms with Crippen molar-refractivity contribution in [2.45, 2.75) is 39.0 Å². The van der Waals surface area contributed by atoms with Crippen molar-refractivity contribution in [2.75, 3.05) is 0 Å². The second-order valence-electron chi connectivity index (χ2n) is 4.98. The van der Waals surface area contributed by atoms with Crippen LogP contribution in [-0.4, -0.2) is 11.6 Å². The van der Waals surface area contributed by atoms with E-state index in [0.717, 1.165) is 37.3 Å². The molecule has 0 bridgehead atoms. The molecule has 102 valence electrons. The minimum Gasteiger partial charge on any atom is -0.267 e. The Morgan fingerprint density at radius 1 is 1.42 bits per heavy atom. The van der Waals surface area contributed by atoms with E-state index >= 15 is 0 Å². The van der Waals surface area contributed by atoms with Crippen molar-refractivity contribution in [1.82, 2.24) is 5.43 Å². The van der Waals surface area contributed by atoms with Crippen molar-refractivity contribution in [1.29, 1.82) is 0 Å². The second kappa shape index (κ2) is 6.45. The fraction of sp³-hybridized carbons (Fsp3) is 0.467. The Morgan fingerprint density at radius 2 is 2.16 bits per heavy atom. The summed E-state index contributed by atoms with van der Waals surface area (Å²) in [5, 5.41) is 4.15. The Morgan fingerprint density at radius 3 is 2.79 bits per heavy atom. The van der Waals surface area contributed by atoms with Gasteiger partial charge in [-0.2, -0.15) is 5.10 Å². The molecule has 4 heteroatoms. The number of rotatable bonds is 3. The first kappa shape index (κ1) is 13.7. The molecule has 1 aliphatic carbocycles. The molecule has 0 saturated heterocycles. The minimum absolute atomic E-state index is 0.298. The number of carbonyl (C=O) groups excluding carboxylic acids is 1. The maximum Gasteiger partial charge on any atom is 0.271 e. The number of halogens is 1. The monoisotopic (exact) mass is 262 g/mol. The molecular weight excluding hydrogens is 243 g/mol. The Bertz CT molecular complexity index is 475. The molecule has 1 aromatic carbocycles.